The summed E-state index contributed by atoms with van der Waals surface area (Å²) in [6, 6.07) is 9.46. The third kappa shape index (κ3) is 6.97. The van der Waals surface area contributed by atoms with Crippen LogP contribution in [0.5, 0.6) is 0 Å². The number of guanidine groups is 1. The molecule has 0 heterocycles. The molecular formula is C19H33IN4. The lowest BCUT2D eigenvalue weighted by Gasteiger charge is -2.18. The lowest BCUT2D eigenvalue weighted by atomic mass is 10.1. The molecule has 24 heavy (non-hydrogen) atoms. The molecule has 0 aliphatic heterocycles. The van der Waals surface area contributed by atoms with Gasteiger partial charge in [-0.1, -0.05) is 45.0 Å². The molecular weight excluding hydrogens is 411 g/mol. The van der Waals surface area contributed by atoms with Crippen molar-refractivity contribution in [2.45, 2.75) is 53.2 Å². The van der Waals surface area contributed by atoms with E-state index in [1.807, 2.05) is 0 Å². The first kappa shape index (κ1) is 21.2. The van der Waals surface area contributed by atoms with Crippen LogP contribution < -0.4 is 10.6 Å². The molecule has 2 N–H and O–H groups in total. The van der Waals surface area contributed by atoms with Gasteiger partial charge in [-0.2, -0.15) is 0 Å². The van der Waals surface area contributed by atoms with E-state index in [1.165, 1.54) is 17.5 Å². The third-order valence-corrected chi connectivity index (χ3v) is 4.52. The number of benzene rings is 1. The molecule has 0 spiro atoms. The summed E-state index contributed by atoms with van der Waals surface area (Å²) in [5.41, 5.74) is 2.63. The van der Waals surface area contributed by atoms with Crippen molar-refractivity contribution in [3.63, 3.8) is 0 Å². The summed E-state index contributed by atoms with van der Waals surface area (Å²) < 4.78 is 0. The minimum atomic E-state index is 0. The summed E-state index contributed by atoms with van der Waals surface area (Å²) in [5.74, 6) is 1.72. The zero-order valence-electron chi connectivity index (χ0n) is 15.5. The Morgan fingerprint density at radius 1 is 1.12 bits per heavy atom. The Labute approximate surface area is 164 Å². The number of hydrogen-bond acceptors (Lipinski definition) is 2. The summed E-state index contributed by atoms with van der Waals surface area (Å²) >= 11 is 0. The summed E-state index contributed by atoms with van der Waals surface area (Å²) in [6.45, 7) is 13.6. The van der Waals surface area contributed by atoms with E-state index in [2.05, 4.69) is 67.5 Å². The van der Waals surface area contributed by atoms with E-state index < -0.39 is 0 Å². The van der Waals surface area contributed by atoms with Gasteiger partial charge in [-0.05, 0) is 43.5 Å². The summed E-state index contributed by atoms with van der Waals surface area (Å²) in [5, 5.41) is 6.83. The maximum Gasteiger partial charge on any atom is 0.191 e. The molecule has 0 radical (unpaired) electrons. The van der Waals surface area contributed by atoms with E-state index >= 15 is 0 Å². The van der Waals surface area contributed by atoms with Crippen LogP contribution in [-0.4, -0.2) is 36.5 Å². The second-order valence-electron chi connectivity index (χ2n) is 6.44. The van der Waals surface area contributed by atoms with E-state index in [4.69, 9.17) is 4.99 Å². The normalized spacial score (nSPS) is 19.8. The zero-order chi connectivity index (χ0) is 16.7. The number of aliphatic imine (C=N–C) groups is 1. The maximum absolute atomic E-state index is 4.71. The molecule has 5 heteroatoms. The van der Waals surface area contributed by atoms with E-state index in [0.29, 0.717) is 6.04 Å². The van der Waals surface area contributed by atoms with Crippen molar-refractivity contribution in [2.75, 3.05) is 19.6 Å². The third-order valence-electron chi connectivity index (χ3n) is 4.52. The SMILES string of the molecule is CCNC(=NCc1ccc(CN(CC)CC)cc1)NC1CC1C.I. The number of nitrogens with zero attached hydrogens (tertiary/aromatic N) is 2. The van der Waals surface area contributed by atoms with Crippen LogP contribution in [0.3, 0.4) is 0 Å². The Morgan fingerprint density at radius 2 is 1.71 bits per heavy atom. The van der Waals surface area contributed by atoms with Gasteiger partial charge >= 0.3 is 0 Å². The van der Waals surface area contributed by atoms with Gasteiger partial charge < -0.3 is 10.6 Å². The van der Waals surface area contributed by atoms with Crippen LogP contribution in [0.2, 0.25) is 0 Å². The molecule has 136 valence electrons. The highest BCUT2D eigenvalue weighted by molar-refractivity contribution is 14.0. The Balaban J connectivity index is 0.00000288. The van der Waals surface area contributed by atoms with Crippen molar-refractivity contribution in [3.8, 4) is 0 Å². The van der Waals surface area contributed by atoms with E-state index in [9.17, 15) is 0 Å². The molecule has 1 aromatic carbocycles. The number of hydrogen-bond donors (Lipinski definition) is 2. The van der Waals surface area contributed by atoms with Crippen LogP contribution in [0.1, 0.15) is 45.2 Å². The molecule has 2 unspecified atom stereocenters. The second-order valence-corrected chi connectivity index (χ2v) is 6.44. The van der Waals surface area contributed by atoms with E-state index in [1.54, 1.807) is 0 Å². The minimum absolute atomic E-state index is 0. The first-order valence-electron chi connectivity index (χ1n) is 9.01. The molecule has 0 saturated heterocycles. The summed E-state index contributed by atoms with van der Waals surface area (Å²) in [7, 11) is 0. The van der Waals surface area contributed by atoms with Crippen LogP contribution in [0.25, 0.3) is 0 Å². The fraction of sp³-hybridized carbons (Fsp3) is 0.632. The number of rotatable bonds is 8. The Hall–Kier alpha value is -0.820. The number of nitrogens with one attached hydrogen (secondary N) is 2. The first-order chi connectivity index (χ1) is 11.2. The zero-order valence-corrected chi connectivity index (χ0v) is 17.8. The highest BCUT2D eigenvalue weighted by atomic mass is 127. The highest BCUT2D eigenvalue weighted by Gasteiger charge is 2.33. The van der Waals surface area contributed by atoms with Gasteiger partial charge in [-0.15, -0.1) is 24.0 Å². The largest absolute Gasteiger partial charge is 0.357 e. The average Bonchev–Trinajstić information content (AvgIpc) is 3.26. The summed E-state index contributed by atoms with van der Waals surface area (Å²) in [4.78, 5) is 7.13. The first-order valence-corrected chi connectivity index (χ1v) is 9.01. The standard InChI is InChI=1S/C19H32N4.HI/c1-5-20-19(22-18-12-15(18)4)21-13-16-8-10-17(11-9-16)14-23(6-2)7-3;/h8-11,15,18H,5-7,12-14H2,1-4H3,(H2,20,21,22);1H. The van der Waals surface area contributed by atoms with Crippen molar-refractivity contribution in [2.24, 2.45) is 10.9 Å². The fourth-order valence-corrected chi connectivity index (χ4v) is 2.64. The Morgan fingerprint density at radius 3 is 2.21 bits per heavy atom. The quantitative estimate of drug-likeness (QED) is 0.366. The van der Waals surface area contributed by atoms with Gasteiger partial charge in [-0.3, -0.25) is 4.90 Å². The lowest BCUT2D eigenvalue weighted by Crippen LogP contribution is -2.39. The van der Waals surface area contributed by atoms with E-state index in [0.717, 1.165) is 44.6 Å². The molecule has 1 fully saturated rings. The molecule has 1 aromatic rings. The minimum Gasteiger partial charge on any atom is -0.357 e. The molecule has 0 bridgehead atoms. The van der Waals surface area contributed by atoms with Gasteiger partial charge in [0.2, 0.25) is 0 Å². The average molecular weight is 444 g/mol. The van der Waals surface area contributed by atoms with Crippen molar-refractivity contribution < 1.29 is 0 Å². The Kier molecular flexibility index (Phi) is 9.66. The maximum atomic E-state index is 4.71. The van der Waals surface area contributed by atoms with Crippen LogP contribution in [0.15, 0.2) is 29.3 Å². The second kappa shape index (κ2) is 10.9. The molecule has 2 rings (SSSR count). The van der Waals surface area contributed by atoms with Gasteiger partial charge in [0, 0.05) is 19.1 Å². The van der Waals surface area contributed by atoms with Gasteiger partial charge in [0.25, 0.3) is 0 Å². The Bertz CT molecular complexity index is 497. The van der Waals surface area contributed by atoms with Crippen LogP contribution in [0, 0.1) is 5.92 Å². The van der Waals surface area contributed by atoms with Crippen molar-refractivity contribution in [1.82, 2.24) is 15.5 Å². The van der Waals surface area contributed by atoms with E-state index in [-0.39, 0.29) is 24.0 Å². The monoisotopic (exact) mass is 444 g/mol. The lowest BCUT2D eigenvalue weighted by molar-refractivity contribution is 0.296. The molecule has 0 aromatic heterocycles. The molecule has 4 nitrogen and oxygen atoms in total. The van der Waals surface area contributed by atoms with Crippen LogP contribution >= 0.6 is 24.0 Å². The van der Waals surface area contributed by atoms with Crippen molar-refractivity contribution >= 4 is 29.9 Å². The highest BCUT2D eigenvalue weighted by Crippen LogP contribution is 2.28. The van der Waals surface area contributed by atoms with Gasteiger partial charge in [0.1, 0.15) is 0 Å². The smallest absolute Gasteiger partial charge is 0.191 e. The van der Waals surface area contributed by atoms with Crippen molar-refractivity contribution in [1.29, 1.82) is 0 Å². The van der Waals surface area contributed by atoms with Crippen molar-refractivity contribution in [3.05, 3.63) is 35.4 Å². The van der Waals surface area contributed by atoms with Gasteiger partial charge in [0.05, 0.1) is 6.54 Å². The molecule has 1 aliphatic rings. The van der Waals surface area contributed by atoms with Crippen LogP contribution in [-0.2, 0) is 13.1 Å². The van der Waals surface area contributed by atoms with Gasteiger partial charge in [0.15, 0.2) is 5.96 Å². The van der Waals surface area contributed by atoms with Crippen LogP contribution in [0.4, 0.5) is 0 Å². The summed E-state index contributed by atoms with van der Waals surface area (Å²) in [6.07, 6.45) is 1.25. The molecule has 2 atom stereocenters. The molecule has 1 saturated carbocycles. The predicted molar refractivity (Wildman–Crippen MR) is 114 cm³/mol. The topological polar surface area (TPSA) is 39.7 Å². The number of halogens is 1. The molecule has 1 aliphatic carbocycles. The fourth-order valence-electron chi connectivity index (χ4n) is 2.64. The predicted octanol–water partition coefficient (Wildman–Crippen LogP) is 3.61. The van der Waals surface area contributed by atoms with Gasteiger partial charge in [-0.25, -0.2) is 4.99 Å². The molecule has 0 amide bonds.